The molecule has 1 amide bonds. The Balaban J connectivity index is 2.54. The lowest BCUT2D eigenvalue weighted by Crippen LogP contribution is -2.31. The first-order chi connectivity index (χ1) is 9.90. The van der Waals surface area contributed by atoms with Crippen molar-refractivity contribution >= 4 is 17.3 Å². The van der Waals surface area contributed by atoms with Crippen LogP contribution in [-0.2, 0) is 0 Å². The lowest BCUT2D eigenvalue weighted by Gasteiger charge is -1.99. The highest BCUT2D eigenvalue weighted by Crippen LogP contribution is 2.24. The molecule has 2 rings (SSSR count). The summed E-state index contributed by atoms with van der Waals surface area (Å²) in [5.41, 5.74) is 4.70. The van der Waals surface area contributed by atoms with Gasteiger partial charge in [-0.1, -0.05) is 0 Å². The Morgan fingerprint density at radius 3 is 2.14 bits per heavy atom. The molecule has 21 heavy (non-hydrogen) atoms. The Morgan fingerprint density at radius 2 is 1.67 bits per heavy atom. The van der Waals surface area contributed by atoms with Crippen molar-refractivity contribution in [1.29, 1.82) is 0 Å². The lowest BCUT2D eigenvalue weighted by molar-refractivity contribution is -0.601. The number of nitrogens with two attached hydrogens (primary N) is 1. The summed E-state index contributed by atoms with van der Waals surface area (Å²) >= 11 is 0. The van der Waals surface area contributed by atoms with E-state index in [0.717, 1.165) is 12.1 Å². The number of hydrogen-bond donors (Lipinski definition) is 1. The van der Waals surface area contributed by atoms with Gasteiger partial charge in [0.05, 0.1) is 15.4 Å². The van der Waals surface area contributed by atoms with Crippen LogP contribution in [0.2, 0.25) is 0 Å². The molecule has 106 valence electrons. The molecule has 0 atom stereocenters. The Hall–Kier alpha value is -3.36. The number of aromatic nitrogens is 1. The minimum Gasteiger partial charge on any atom is -0.366 e. The highest BCUT2D eigenvalue weighted by Gasteiger charge is 2.26. The molecule has 0 spiro atoms. The van der Waals surface area contributed by atoms with Crippen LogP contribution >= 0.6 is 0 Å². The van der Waals surface area contributed by atoms with Crippen LogP contribution in [0.4, 0.5) is 11.4 Å². The van der Waals surface area contributed by atoms with Gasteiger partial charge in [0.15, 0.2) is 12.4 Å². The number of primary amides is 1. The molecule has 1 aromatic heterocycles. The van der Waals surface area contributed by atoms with Crippen molar-refractivity contribution in [3.8, 4) is 5.69 Å². The minimum atomic E-state index is -0.711. The molecule has 0 bridgehead atoms. The molecular weight excluding hydrogens is 280 g/mol. The monoisotopic (exact) mass is 289 g/mol. The first kappa shape index (κ1) is 14.1. The fraction of sp³-hybridized carbons (Fsp3) is 0. The van der Waals surface area contributed by atoms with Crippen LogP contribution in [0, 0.1) is 20.2 Å². The summed E-state index contributed by atoms with van der Waals surface area (Å²) in [6.07, 6.45) is 2.82. The number of pyridine rings is 1. The van der Waals surface area contributed by atoms with Crippen LogP contribution < -0.4 is 10.3 Å². The zero-order valence-electron chi connectivity index (χ0n) is 10.5. The maximum absolute atomic E-state index is 11.0. The summed E-state index contributed by atoms with van der Waals surface area (Å²) in [5, 5.41) is 21.7. The van der Waals surface area contributed by atoms with Crippen LogP contribution in [0.1, 0.15) is 10.4 Å². The molecule has 9 nitrogen and oxygen atoms in total. The number of rotatable bonds is 4. The first-order valence-electron chi connectivity index (χ1n) is 5.64. The largest absolute Gasteiger partial charge is 0.366 e. The third-order valence-electron chi connectivity index (χ3n) is 2.76. The zero-order chi connectivity index (χ0) is 15.6. The van der Waals surface area contributed by atoms with Gasteiger partial charge in [-0.05, 0) is 0 Å². The molecule has 1 aromatic carbocycles. The van der Waals surface area contributed by atoms with Gasteiger partial charge in [-0.2, -0.15) is 4.57 Å². The number of nitro benzene ring substituents is 2. The van der Waals surface area contributed by atoms with Crippen molar-refractivity contribution in [1.82, 2.24) is 0 Å². The maximum atomic E-state index is 11.0. The smallest absolute Gasteiger partial charge is 0.347 e. The van der Waals surface area contributed by atoms with Crippen molar-refractivity contribution in [2.24, 2.45) is 5.73 Å². The van der Waals surface area contributed by atoms with Gasteiger partial charge in [0.25, 0.3) is 11.4 Å². The SMILES string of the molecule is NC(=O)c1cc[n+](-c2ccc([N+](=O)[O-])cc2[N+](=O)[O-])cc1. The second-order valence-corrected chi connectivity index (χ2v) is 4.05. The zero-order valence-corrected chi connectivity index (χ0v) is 10.5. The molecule has 0 saturated heterocycles. The molecule has 1 heterocycles. The third-order valence-corrected chi connectivity index (χ3v) is 2.76. The highest BCUT2D eigenvalue weighted by molar-refractivity contribution is 5.92. The number of non-ortho nitro benzene ring substituents is 1. The summed E-state index contributed by atoms with van der Waals surface area (Å²) in [6, 6.07) is 6.10. The first-order valence-corrected chi connectivity index (χ1v) is 5.64. The maximum Gasteiger partial charge on any atom is 0.347 e. The third kappa shape index (κ3) is 2.81. The highest BCUT2D eigenvalue weighted by atomic mass is 16.6. The molecule has 2 N–H and O–H groups in total. The standard InChI is InChI=1S/C12H8N4O5/c13-12(17)8-3-5-14(6-4-8)10-2-1-9(15(18)19)7-11(10)16(20)21/h1-7H,(H-,13,17)/p+1. The van der Waals surface area contributed by atoms with Crippen LogP contribution in [0.5, 0.6) is 0 Å². The summed E-state index contributed by atoms with van der Waals surface area (Å²) < 4.78 is 1.37. The molecule has 0 aliphatic heterocycles. The van der Waals surface area contributed by atoms with E-state index in [1.54, 1.807) is 0 Å². The van der Waals surface area contributed by atoms with Gasteiger partial charge >= 0.3 is 5.69 Å². The van der Waals surface area contributed by atoms with Crippen molar-refractivity contribution in [2.75, 3.05) is 0 Å². The Bertz CT molecular complexity index is 742. The van der Waals surface area contributed by atoms with Crippen LogP contribution in [-0.4, -0.2) is 15.8 Å². The molecule has 0 aliphatic rings. The average molecular weight is 289 g/mol. The van der Waals surface area contributed by atoms with Crippen molar-refractivity contribution in [2.45, 2.75) is 0 Å². The Morgan fingerprint density at radius 1 is 1.05 bits per heavy atom. The van der Waals surface area contributed by atoms with Crippen LogP contribution in [0.25, 0.3) is 5.69 Å². The minimum absolute atomic E-state index is 0.140. The number of nitro groups is 2. The van der Waals surface area contributed by atoms with Gasteiger partial charge in [0.1, 0.15) is 6.07 Å². The van der Waals surface area contributed by atoms with E-state index in [1.807, 2.05) is 0 Å². The molecule has 2 aromatic rings. The molecule has 0 aliphatic carbocycles. The van der Waals surface area contributed by atoms with Crippen LogP contribution in [0.15, 0.2) is 42.7 Å². The summed E-state index contributed by atoms with van der Waals surface area (Å²) in [5.74, 6) is -0.625. The van der Waals surface area contributed by atoms with E-state index in [1.165, 1.54) is 35.2 Å². The van der Waals surface area contributed by atoms with Crippen molar-refractivity contribution < 1.29 is 19.2 Å². The van der Waals surface area contributed by atoms with Crippen molar-refractivity contribution in [3.05, 3.63) is 68.5 Å². The molecule has 0 unspecified atom stereocenters. The van der Waals surface area contributed by atoms with Gasteiger partial charge in [0, 0.05) is 24.3 Å². The Labute approximate surface area is 117 Å². The van der Waals surface area contributed by atoms with Crippen molar-refractivity contribution in [3.63, 3.8) is 0 Å². The van der Waals surface area contributed by atoms with Gasteiger partial charge < -0.3 is 5.73 Å². The summed E-state index contributed by atoms with van der Waals surface area (Å²) in [6.45, 7) is 0. The quantitative estimate of drug-likeness (QED) is 0.506. The molecule has 0 fully saturated rings. The predicted molar refractivity (Wildman–Crippen MR) is 69.8 cm³/mol. The van der Waals surface area contributed by atoms with E-state index in [4.69, 9.17) is 5.73 Å². The molecular formula is C12H9N4O5+. The summed E-state index contributed by atoms with van der Waals surface area (Å²) in [7, 11) is 0. The Kier molecular flexibility index (Phi) is 3.57. The van der Waals surface area contributed by atoms with E-state index in [0.29, 0.717) is 0 Å². The molecule has 9 heteroatoms. The van der Waals surface area contributed by atoms with E-state index >= 15 is 0 Å². The van der Waals surface area contributed by atoms with E-state index in [2.05, 4.69) is 0 Å². The van der Waals surface area contributed by atoms with E-state index in [9.17, 15) is 25.0 Å². The number of benzene rings is 1. The number of carbonyl (C=O) groups excluding carboxylic acids is 1. The second-order valence-electron chi connectivity index (χ2n) is 4.05. The number of hydrogen-bond acceptors (Lipinski definition) is 5. The fourth-order valence-electron chi connectivity index (χ4n) is 1.74. The average Bonchev–Trinajstić information content (AvgIpc) is 2.46. The van der Waals surface area contributed by atoms with Gasteiger partial charge in [0.2, 0.25) is 5.91 Å². The molecule has 0 radical (unpaired) electrons. The fourth-order valence-corrected chi connectivity index (χ4v) is 1.74. The van der Waals surface area contributed by atoms with Gasteiger partial charge in [-0.15, -0.1) is 0 Å². The van der Waals surface area contributed by atoms with Gasteiger partial charge in [-0.3, -0.25) is 25.0 Å². The predicted octanol–water partition coefficient (Wildman–Crippen LogP) is 0.879. The second kappa shape index (κ2) is 5.33. The normalized spacial score (nSPS) is 10.1. The van der Waals surface area contributed by atoms with E-state index < -0.39 is 21.4 Å². The van der Waals surface area contributed by atoms with E-state index in [-0.39, 0.29) is 16.9 Å². The molecule has 0 saturated carbocycles. The number of amides is 1. The number of carbonyl (C=O) groups is 1. The van der Waals surface area contributed by atoms with Crippen LogP contribution in [0.3, 0.4) is 0 Å². The topological polar surface area (TPSA) is 133 Å². The summed E-state index contributed by atoms with van der Waals surface area (Å²) in [4.78, 5) is 31.3. The van der Waals surface area contributed by atoms with Gasteiger partial charge in [-0.25, -0.2) is 0 Å². The lowest BCUT2D eigenvalue weighted by atomic mass is 10.2. The number of nitrogens with zero attached hydrogens (tertiary/aromatic N) is 3.